The Hall–Kier alpha value is -1.58. The summed E-state index contributed by atoms with van der Waals surface area (Å²) in [5, 5.41) is 14.0. The molecule has 0 aliphatic heterocycles. The molecule has 0 fully saturated rings. The second-order valence-corrected chi connectivity index (χ2v) is 3.48. The van der Waals surface area contributed by atoms with Crippen LogP contribution in [0.25, 0.3) is 11.0 Å². The zero-order valence-electron chi connectivity index (χ0n) is 8.41. The molecule has 1 aromatic carbocycles. The second kappa shape index (κ2) is 3.65. The average molecular weight is 190 g/mol. The highest BCUT2D eigenvalue weighted by Gasteiger charge is 2.01. The van der Waals surface area contributed by atoms with Gasteiger partial charge >= 0.3 is 0 Å². The third-order valence-electron chi connectivity index (χ3n) is 2.34. The van der Waals surface area contributed by atoms with Crippen molar-refractivity contribution in [3.63, 3.8) is 0 Å². The number of benzene rings is 1. The Balaban J connectivity index is 2.25. The molecule has 0 amide bonds. The molecular formula is C10H14N4. The lowest BCUT2D eigenvalue weighted by molar-refractivity contribution is 0.764. The standard InChI is InChI=1S/C10H14N4/c1-3-7(2)11-8-4-5-9-10(6-8)13-14-12-9/h4-7,11H,3H2,1-2H3,(H,12,13,14). The SMILES string of the molecule is CCC(C)Nc1ccc2n[nH]nc2c1. The molecule has 1 aromatic heterocycles. The van der Waals surface area contributed by atoms with Crippen molar-refractivity contribution in [2.45, 2.75) is 26.3 Å². The van der Waals surface area contributed by atoms with E-state index in [-0.39, 0.29) is 0 Å². The van der Waals surface area contributed by atoms with Gasteiger partial charge in [-0.1, -0.05) is 6.92 Å². The molecule has 0 saturated carbocycles. The Morgan fingerprint density at radius 2 is 2.14 bits per heavy atom. The van der Waals surface area contributed by atoms with Gasteiger partial charge in [0.2, 0.25) is 0 Å². The summed E-state index contributed by atoms with van der Waals surface area (Å²) in [7, 11) is 0. The fourth-order valence-electron chi connectivity index (χ4n) is 1.32. The number of fused-ring (bicyclic) bond motifs is 1. The Labute approximate surface area is 82.7 Å². The van der Waals surface area contributed by atoms with Crippen LogP contribution in [0.15, 0.2) is 18.2 Å². The van der Waals surface area contributed by atoms with Crippen LogP contribution in [0.2, 0.25) is 0 Å². The first-order valence-electron chi connectivity index (χ1n) is 4.86. The highest BCUT2D eigenvalue weighted by atomic mass is 15.3. The van der Waals surface area contributed by atoms with Crippen molar-refractivity contribution in [3.8, 4) is 0 Å². The third kappa shape index (κ3) is 1.69. The summed E-state index contributed by atoms with van der Waals surface area (Å²) in [4.78, 5) is 0. The fraction of sp³-hybridized carbons (Fsp3) is 0.400. The van der Waals surface area contributed by atoms with E-state index in [1.54, 1.807) is 0 Å². The van der Waals surface area contributed by atoms with Gasteiger partial charge in [0.1, 0.15) is 11.0 Å². The normalized spacial score (nSPS) is 13.0. The van der Waals surface area contributed by atoms with E-state index in [4.69, 9.17) is 0 Å². The summed E-state index contributed by atoms with van der Waals surface area (Å²) in [6.07, 6.45) is 1.11. The molecule has 0 radical (unpaired) electrons. The summed E-state index contributed by atoms with van der Waals surface area (Å²) in [6, 6.07) is 6.48. The van der Waals surface area contributed by atoms with Gasteiger partial charge in [-0.2, -0.15) is 15.4 Å². The monoisotopic (exact) mass is 190 g/mol. The number of aromatic amines is 1. The maximum atomic E-state index is 4.04. The molecule has 2 rings (SSSR count). The molecule has 1 atom stereocenters. The minimum absolute atomic E-state index is 0.486. The lowest BCUT2D eigenvalue weighted by atomic mass is 10.2. The average Bonchev–Trinajstić information content (AvgIpc) is 2.64. The van der Waals surface area contributed by atoms with Crippen LogP contribution < -0.4 is 5.32 Å². The molecule has 0 saturated heterocycles. The Morgan fingerprint density at radius 1 is 1.36 bits per heavy atom. The van der Waals surface area contributed by atoms with E-state index in [0.29, 0.717) is 6.04 Å². The quantitative estimate of drug-likeness (QED) is 0.779. The molecule has 4 heteroatoms. The zero-order valence-corrected chi connectivity index (χ0v) is 8.41. The van der Waals surface area contributed by atoms with E-state index in [0.717, 1.165) is 23.1 Å². The zero-order chi connectivity index (χ0) is 9.97. The predicted molar refractivity (Wildman–Crippen MR) is 57.3 cm³/mol. The molecule has 2 aromatic rings. The van der Waals surface area contributed by atoms with Gasteiger partial charge in [-0.3, -0.25) is 0 Å². The molecule has 74 valence electrons. The number of hydrogen-bond acceptors (Lipinski definition) is 3. The Kier molecular flexibility index (Phi) is 2.35. The Bertz CT molecular complexity index is 421. The Morgan fingerprint density at radius 3 is 2.93 bits per heavy atom. The summed E-state index contributed by atoms with van der Waals surface area (Å²) in [5.41, 5.74) is 2.90. The van der Waals surface area contributed by atoms with E-state index in [2.05, 4.69) is 34.6 Å². The van der Waals surface area contributed by atoms with E-state index in [1.807, 2.05) is 18.2 Å². The van der Waals surface area contributed by atoms with Crippen LogP contribution in [-0.4, -0.2) is 21.5 Å². The second-order valence-electron chi connectivity index (χ2n) is 3.48. The van der Waals surface area contributed by atoms with Gasteiger partial charge in [0.25, 0.3) is 0 Å². The largest absolute Gasteiger partial charge is 0.383 e. The first kappa shape index (κ1) is 8.99. The van der Waals surface area contributed by atoms with Crippen LogP contribution in [0.1, 0.15) is 20.3 Å². The number of aromatic nitrogens is 3. The first-order chi connectivity index (χ1) is 6.79. The minimum atomic E-state index is 0.486. The van der Waals surface area contributed by atoms with Gasteiger partial charge in [0.15, 0.2) is 0 Å². The number of rotatable bonds is 3. The van der Waals surface area contributed by atoms with Crippen molar-refractivity contribution in [1.29, 1.82) is 0 Å². The van der Waals surface area contributed by atoms with E-state index < -0.39 is 0 Å². The number of nitrogens with one attached hydrogen (secondary N) is 2. The third-order valence-corrected chi connectivity index (χ3v) is 2.34. The lowest BCUT2D eigenvalue weighted by Gasteiger charge is -2.12. The summed E-state index contributed by atoms with van der Waals surface area (Å²) < 4.78 is 0. The van der Waals surface area contributed by atoms with Gasteiger partial charge in [-0.25, -0.2) is 0 Å². The van der Waals surface area contributed by atoms with Crippen LogP contribution in [0.3, 0.4) is 0 Å². The summed E-state index contributed by atoms with van der Waals surface area (Å²) >= 11 is 0. The van der Waals surface area contributed by atoms with Crippen molar-refractivity contribution in [2.75, 3.05) is 5.32 Å². The molecule has 2 N–H and O–H groups in total. The van der Waals surface area contributed by atoms with Crippen LogP contribution in [-0.2, 0) is 0 Å². The highest BCUT2D eigenvalue weighted by Crippen LogP contribution is 2.15. The van der Waals surface area contributed by atoms with Gasteiger partial charge < -0.3 is 5.32 Å². The van der Waals surface area contributed by atoms with E-state index in [1.165, 1.54) is 0 Å². The molecule has 0 bridgehead atoms. The molecule has 0 aliphatic rings. The first-order valence-corrected chi connectivity index (χ1v) is 4.86. The number of anilines is 1. The smallest absolute Gasteiger partial charge is 0.115 e. The molecule has 1 heterocycles. The maximum absolute atomic E-state index is 4.04. The summed E-state index contributed by atoms with van der Waals surface area (Å²) in [5.74, 6) is 0. The highest BCUT2D eigenvalue weighted by molar-refractivity contribution is 5.77. The van der Waals surface area contributed by atoms with Crippen LogP contribution in [0, 0.1) is 0 Å². The van der Waals surface area contributed by atoms with Crippen molar-refractivity contribution < 1.29 is 0 Å². The van der Waals surface area contributed by atoms with Gasteiger partial charge in [0.05, 0.1) is 0 Å². The van der Waals surface area contributed by atoms with Crippen LogP contribution in [0.5, 0.6) is 0 Å². The van der Waals surface area contributed by atoms with Gasteiger partial charge in [0, 0.05) is 11.7 Å². The van der Waals surface area contributed by atoms with Gasteiger partial charge in [-0.05, 0) is 31.5 Å². The molecule has 0 spiro atoms. The number of hydrogen-bond donors (Lipinski definition) is 2. The number of nitrogens with zero attached hydrogens (tertiary/aromatic N) is 2. The van der Waals surface area contributed by atoms with Gasteiger partial charge in [-0.15, -0.1) is 0 Å². The van der Waals surface area contributed by atoms with Crippen molar-refractivity contribution in [2.24, 2.45) is 0 Å². The topological polar surface area (TPSA) is 53.6 Å². The molecule has 4 nitrogen and oxygen atoms in total. The minimum Gasteiger partial charge on any atom is -0.383 e. The fourth-order valence-corrected chi connectivity index (χ4v) is 1.32. The predicted octanol–water partition coefficient (Wildman–Crippen LogP) is 2.17. The molecular weight excluding hydrogens is 176 g/mol. The van der Waals surface area contributed by atoms with Crippen molar-refractivity contribution >= 4 is 16.7 Å². The van der Waals surface area contributed by atoms with Crippen LogP contribution >= 0.6 is 0 Å². The molecule has 14 heavy (non-hydrogen) atoms. The lowest BCUT2D eigenvalue weighted by Crippen LogP contribution is -2.12. The van der Waals surface area contributed by atoms with Crippen molar-refractivity contribution in [1.82, 2.24) is 15.4 Å². The molecule has 0 aliphatic carbocycles. The van der Waals surface area contributed by atoms with E-state index >= 15 is 0 Å². The molecule has 1 unspecified atom stereocenters. The van der Waals surface area contributed by atoms with E-state index in [9.17, 15) is 0 Å². The maximum Gasteiger partial charge on any atom is 0.115 e. The summed E-state index contributed by atoms with van der Waals surface area (Å²) in [6.45, 7) is 4.32. The number of H-pyrrole nitrogens is 1. The van der Waals surface area contributed by atoms with Crippen LogP contribution in [0.4, 0.5) is 5.69 Å². The van der Waals surface area contributed by atoms with Crippen molar-refractivity contribution in [3.05, 3.63) is 18.2 Å².